The first kappa shape index (κ1) is 20.8. The Balaban J connectivity index is 4.11. The summed E-state index contributed by atoms with van der Waals surface area (Å²) in [4.78, 5) is 22.2. The minimum atomic E-state index is -0.600. The van der Waals surface area contributed by atoms with Gasteiger partial charge in [0.05, 0.1) is 17.7 Å². The van der Waals surface area contributed by atoms with Crippen LogP contribution >= 0.6 is 0 Å². The van der Waals surface area contributed by atoms with Crippen LogP contribution in [0.1, 0.15) is 41.0 Å². The van der Waals surface area contributed by atoms with Gasteiger partial charge in [-0.3, -0.25) is 9.59 Å². The second kappa shape index (κ2) is 9.76. The van der Waals surface area contributed by atoms with Crippen molar-refractivity contribution in [2.75, 3.05) is 32.9 Å². The van der Waals surface area contributed by atoms with Gasteiger partial charge in [0.1, 0.15) is 13.2 Å². The van der Waals surface area contributed by atoms with Gasteiger partial charge in [0.25, 0.3) is 0 Å². The van der Waals surface area contributed by atoms with Crippen LogP contribution in [0.3, 0.4) is 0 Å². The zero-order valence-electron chi connectivity index (χ0n) is 14.5. The van der Waals surface area contributed by atoms with Crippen LogP contribution in [0.15, 0.2) is 0 Å². The molecule has 0 aliphatic carbocycles. The summed E-state index contributed by atoms with van der Waals surface area (Å²) < 4.78 is 10.8. The fraction of sp³-hybridized carbons (Fsp3) is 0.867. The molecule has 7 nitrogen and oxygen atoms in total. The molecular weight excluding hydrogens is 286 g/mol. The quantitative estimate of drug-likeness (QED) is 0.446. The van der Waals surface area contributed by atoms with E-state index in [2.05, 4.69) is 17.6 Å². The molecule has 130 valence electrons. The second-order valence-electron chi connectivity index (χ2n) is 6.62. The number of carbonyl (C=O) groups is 2. The Morgan fingerprint density at radius 2 is 1.77 bits per heavy atom. The Hall–Kier alpha value is -1.18. The molecule has 0 aromatic rings. The molecule has 0 fully saturated rings. The molecule has 0 aromatic carbocycles. The summed E-state index contributed by atoms with van der Waals surface area (Å²) in [5.41, 5.74) is 4.08. The van der Waals surface area contributed by atoms with Crippen LogP contribution in [0.4, 0.5) is 0 Å². The van der Waals surface area contributed by atoms with E-state index < -0.39 is 11.4 Å². The molecule has 0 atom stereocenters. The average molecular weight is 317 g/mol. The molecule has 2 amide bonds. The summed E-state index contributed by atoms with van der Waals surface area (Å²) in [7, 11) is 0. The SMILES string of the molecule is CCCNCC(C)(C)OCC(C)(C)NC(=O)COCC(N)=O. The maximum atomic E-state index is 11.7. The van der Waals surface area contributed by atoms with E-state index in [0.717, 1.165) is 19.5 Å². The lowest BCUT2D eigenvalue weighted by atomic mass is 10.1. The van der Waals surface area contributed by atoms with Crippen molar-refractivity contribution in [3.63, 3.8) is 0 Å². The molecule has 0 aliphatic heterocycles. The maximum Gasteiger partial charge on any atom is 0.246 e. The van der Waals surface area contributed by atoms with Crippen molar-refractivity contribution < 1.29 is 19.1 Å². The summed E-state index contributed by atoms with van der Waals surface area (Å²) in [5.74, 6) is -0.909. The van der Waals surface area contributed by atoms with Crippen LogP contribution in [0, 0.1) is 0 Å². The van der Waals surface area contributed by atoms with Gasteiger partial charge in [-0.2, -0.15) is 0 Å². The summed E-state index contributed by atoms with van der Waals surface area (Å²) in [6, 6.07) is 0. The molecule has 0 saturated carbocycles. The molecule has 0 unspecified atom stereocenters. The fourth-order valence-electron chi connectivity index (χ4n) is 1.69. The van der Waals surface area contributed by atoms with Crippen molar-refractivity contribution in [2.45, 2.75) is 52.2 Å². The van der Waals surface area contributed by atoms with E-state index in [1.165, 1.54) is 0 Å². The molecule has 0 saturated heterocycles. The highest BCUT2D eigenvalue weighted by atomic mass is 16.5. The third kappa shape index (κ3) is 11.5. The van der Waals surface area contributed by atoms with E-state index in [1.807, 2.05) is 27.7 Å². The van der Waals surface area contributed by atoms with Crippen molar-refractivity contribution in [1.29, 1.82) is 0 Å². The van der Waals surface area contributed by atoms with Crippen LogP contribution in [-0.4, -0.2) is 55.9 Å². The van der Waals surface area contributed by atoms with Gasteiger partial charge >= 0.3 is 0 Å². The Kier molecular flexibility index (Phi) is 9.24. The van der Waals surface area contributed by atoms with Gasteiger partial charge in [-0.25, -0.2) is 0 Å². The monoisotopic (exact) mass is 317 g/mol. The number of hydrogen-bond donors (Lipinski definition) is 3. The predicted molar refractivity (Wildman–Crippen MR) is 85.4 cm³/mol. The smallest absolute Gasteiger partial charge is 0.246 e. The number of amides is 2. The number of carbonyl (C=O) groups excluding carboxylic acids is 2. The molecule has 0 spiro atoms. The molecule has 7 heteroatoms. The molecule has 0 aromatic heterocycles. The van der Waals surface area contributed by atoms with E-state index >= 15 is 0 Å². The lowest BCUT2D eigenvalue weighted by Gasteiger charge is -2.32. The fourth-order valence-corrected chi connectivity index (χ4v) is 1.69. The third-order valence-corrected chi connectivity index (χ3v) is 2.76. The standard InChI is InChI=1S/C15H31N3O4/c1-6-7-17-10-15(4,5)22-11-14(2,3)18-13(20)9-21-8-12(16)19/h17H,6-11H2,1-5H3,(H2,16,19)(H,18,20). The molecule has 4 N–H and O–H groups in total. The normalized spacial score (nSPS) is 12.2. The highest BCUT2D eigenvalue weighted by Crippen LogP contribution is 2.12. The zero-order valence-corrected chi connectivity index (χ0v) is 14.5. The zero-order chi connectivity index (χ0) is 17.2. The summed E-state index contributed by atoms with van der Waals surface area (Å²) in [6.45, 7) is 11.5. The second-order valence-corrected chi connectivity index (χ2v) is 6.62. The van der Waals surface area contributed by atoms with E-state index in [9.17, 15) is 9.59 Å². The van der Waals surface area contributed by atoms with Crippen molar-refractivity contribution in [3.8, 4) is 0 Å². The van der Waals surface area contributed by atoms with E-state index in [0.29, 0.717) is 6.61 Å². The van der Waals surface area contributed by atoms with Crippen LogP contribution in [-0.2, 0) is 19.1 Å². The average Bonchev–Trinajstić information content (AvgIpc) is 2.36. The Morgan fingerprint density at radius 3 is 2.32 bits per heavy atom. The molecular formula is C15H31N3O4. The van der Waals surface area contributed by atoms with Gasteiger partial charge in [0.15, 0.2) is 0 Å². The van der Waals surface area contributed by atoms with Gasteiger partial charge in [-0.1, -0.05) is 6.92 Å². The molecule has 0 rings (SSSR count). The third-order valence-electron chi connectivity index (χ3n) is 2.76. The van der Waals surface area contributed by atoms with Crippen LogP contribution in [0.25, 0.3) is 0 Å². The van der Waals surface area contributed by atoms with Crippen molar-refractivity contribution in [3.05, 3.63) is 0 Å². The number of primary amides is 1. The maximum absolute atomic E-state index is 11.7. The molecule has 0 bridgehead atoms. The predicted octanol–water partition coefficient (Wildman–Crippen LogP) is 0.178. The highest BCUT2D eigenvalue weighted by Gasteiger charge is 2.26. The van der Waals surface area contributed by atoms with E-state index in [-0.39, 0.29) is 24.7 Å². The highest BCUT2D eigenvalue weighted by molar-refractivity contribution is 5.79. The number of ether oxygens (including phenoxy) is 2. The number of nitrogens with two attached hydrogens (primary N) is 1. The number of rotatable bonds is 12. The van der Waals surface area contributed by atoms with Crippen molar-refractivity contribution in [1.82, 2.24) is 10.6 Å². The Labute approximate surface area is 133 Å². The van der Waals surface area contributed by atoms with Gasteiger partial charge in [0, 0.05) is 6.54 Å². The van der Waals surface area contributed by atoms with Crippen LogP contribution in [0.5, 0.6) is 0 Å². The largest absolute Gasteiger partial charge is 0.372 e. The van der Waals surface area contributed by atoms with E-state index in [4.69, 9.17) is 15.2 Å². The number of nitrogens with one attached hydrogen (secondary N) is 2. The number of hydrogen-bond acceptors (Lipinski definition) is 5. The lowest BCUT2D eigenvalue weighted by Crippen LogP contribution is -2.51. The molecule has 0 heterocycles. The lowest BCUT2D eigenvalue weighted by molar-refractivity contribution is -0.132. The van der Waals surface area contributed by atoms with Gasteiger partial charge in [0.2, 0.25) is 11.8 Å². The summed E-state index contributed by atoms with van der Waals surface area (Å²) in [6.07, 6.45) is 1.07. The van der Waals surface area contributed by atoms with Gasteiger partial charge < -0.3 is 25.8 Å². The van der Waals surface area contributed by atoms with Gasteiger partial charge in [-0.15, -0.1) is 0 Å². The minimum Gasteiger partial charge on any atom is -0.372 e. The topological polar surface area (TPSA) is 103 Å². The first-order valence-electron chi connectivity index (χ1n) is 7.60. The van der Waals surface area contributed by atoms with Crippen LogP contribution < -0.4 is 16.4 Å². The first-order chi connectivity index (χ1) is 10.1. The minimum absolute atomic E-state index is 0.201. The van der Waals surface area contributed by atoms with Gasteiger partial charge in [-0.05, 0) is 40.7 Å². The molecule has 22 heavy (non-hydrogen) atoms. The summed E-state index contributed by atoms with van der Waals surface area (Å²) in [5, 5.41) is 6.12. The first-order valence-corrected chi connectivity index (χ1v) is 7.60. The van der Waals surface area contributed by atoms with Crippen molar-refractivity contribution >= 4 is 11.8 Å². The molecule has 0 aliphatic rings. The van der Waals surface area contributed by atoms with E-state index in [1.54, 1.807) is 0 Å². The van der Waals surface area contributed by atoms with Crippen molar-refractivity contribution in [2.24, 2.45) is 5.73 Å². The Morgan fingerprint density at radius 1 is 1.14 bits per heavy atom. The van der Waals surface area contributed by atoms with Crippen LogP contribution in [0.2, 0.25) is 0 Å². The Bertz CT molecular complexity index is 357. The molecule has 0 radical (unpaired) electrons. The summed E-state index contributed by atoms with van der Waals surface area (Å²) >= 11 is 0.